The molecule has 0 aromatic heterocycles. The Labute approximate surface area is 129 Å². The Morgan fingerprint density at radius 2 is 2.10 bits per heavy atom. The first kappa shape index (κ1) is 17.4. The van der Waals surface area contributed by atoms with Gasteiger partial charge in [0.25, 0.3) is 0 Å². The van der Waals surface area contributed by atoms with E-state index in [0.29, 0.717) is 11.3 Å². The number of benzene rings is 1. The van der Waals surface area contributed by atoms with Crippen molar-refractivity contribution in [1.29, 1.82) is 0 Å². The predicted molar refractivity (Wildman–Crippen MR) is 85.7 cm³/mol. The number of carbonyl (C=O) groups excluding carboxylic acids is 1. The number of hydrogen-bond acceptors (Lipinski definition) is 5. The summed E-state index contributed by atoms with van der Waals surface area (Å²) in [5.74, 6) is -0.601. The highest BCUT2D eigenvalue weighted by Crippen LogP contribution is 2.18. The lowest BCUT2D eigenvalue weighted by molar-refractivity contribution is -0.140. The van der Waals surface area contributed by atoms with Gasteiger partial charge < -0.3 is 10.5 Å². The Morgan fingerprint density at radius 3 is 2.67 bits per heavy atom. The molecule has 0 heterocycles. The molecule has 0 amide bonds. The topological polar surface area (TPSA) is 98.5 Å². The number of anilines is 1. The monoisotopic (exact) mass is 330 g/mol. The Morgan fingerprint density at radius 1 is 1.43 bits per heavy atom. The second-order valence-corrected chi connectivity index (χ2v) is 6.78. The summed E-state index contributed by atoms with van der Waals surface area (Å²) in [5, 5.41) is 0. The van der Waals surface area contributed by atoms with Gasteiger partial charge in [-0.2, -0.15) is 0 Å². The van der Waals surface area contributed by atoms with E-state index in [9.17, 15) is 13.2 Å². The Hall–Kier alpha value is -1.67. The smallest absolute Gasteiger partial charge is 0.305 e. The summed E-state index contributed by atoms with van der Waals surface area (Å²) in [4.78, 5) is 11.2. The van der Waals surface area contributed by atoms with Crippen molar-refractivity contribution in [3.05, 3.63) is 29.3 Å². The van der Waals surface area contributed by atoms with Crippen LogP contribution in [0.3, 0.4) is 0 Å². The van der Waals surface area contributed by atoms with Gasteiger partial charge in [0.05, 0.1) is 18.6 Å². The van der Waals surface area contributed by atoms with Gasteiger partial charge in [0.1, 0.15) is 4.99 Å². The molecular weight excluding hydrogens is 312 g/mol. The zero-order chi connectivity index (χ0) is 16.0. The van der Waals surface area contributed by atoms with Crippen LogP contribution in [0.2, 0.25) is 0 Å². The van der Waals surface area contributed by atoms with Crippen molar-refractivity contribution in [2.24, 2.45) is 5.73 Å². The van der Waals surface area contributed by atoms with Gasteiger partial charge >= 0.3 is 5.97 Å². The number of sulfonamides is 1. The molecule has 0 saturated carbocycles. The molecule has 0 unspecified atom stereocenters. The molecule has 1 rings (SSSR count). The van der Waals surface area contributed by atoms with Crippen LogP contribution >= 0.6 is 12.2 Å². The summed E-state index contributed by atoms with van der Waals surface area (Å²) < 4.78 is 30.9. The summed E-state index contributed by atoms with van der Waals surface area (Å²) in [6.07, 6.45) is 0.249. The van der Waals surface area contributed by atoms with Crippen LogP contribution in [0.1, 0.15) is 24.0 Å². The van der Waals surface area contributed by atoms with E-state index >= 15 is 0 Å². The molecule has 3 N–H and O–H groups in total. The average Bonchev–Trinajstić information content (AvgIpc) is 2.40. The summed E-state index contributed by atoms with van der Waals surface area (Å²) in [6, 6.07) is 5.06. The SMILES string of the molecule is COC(=O)CCCS(=O)(=O)Nc1cc(C(N)=S)ccc1C. The zero-order valence-electron chi connectivity index (χ0n) is 11.9. The largest absolute Gasteiger partial charge is 0.469 e. The number of nitrogens with one attached hydrogen (secondary N) is 1. The predicted octanol–water partition coefficient (Wildman–Crippen LogP) is 1.32. The molecule has 0 aliphatic carbocycles. The van der Waals surface area contributed by atoms with Gasteiger partial charge in [0.15, 0.2) is 0 Å². The van der Waals surface area contributed by atoms with Crippen LogP contribution in [0, 0.1) is 6.92 Å². The quantitative estimate of drug-likeness (QED) is 0.578. The fourth-order valence-electron chi connectivity index (χ4n) is 1.61. The molecule has 21 heavy (non-hydrogen) atoms. The maximum atomic E-state index is 12.0. The number of esters is 1. The summed E-state index contributed by atoms with van der Waals surface area (Å²) in [7, 11) is -2.28. The van der Waals surface area contributed by atoms with E-state index < -0.39 is 16.0 Å². The first-order chi connectivity index (χ1) is 9.75. The lowest BCUT2D eigenvalue weighted by Crippen LogP contribution is -2.19. The number of ether oxygens (including phenoxy) is 1. The number of methoxy groups -OCH3 is 1. The van der Waals surface area contributed by atoms with Crippen molar-refractivity contribution in [3.63, 3.8) is 0 Å². The molecule has 0 aliphatic rings. The van der Waals surface area contributed by atoms with E-state index in [1.54, 1.807) is 25.1 Å². The average molecular weight is 330 g/mol. The van der Waals surface area contributed by atoms with Crippen molar-refractivity contribution in [1.82, 2.24) is 0 Å². The molecule has 1 aromatic carbocycles. The van der Waals surface area contributed by atoms with E-state index in [2.05, 4.69) is 9.46 Å². The van der Waals surface area contributed by atoms with Gasteiger partial charge in [0.2, 0.25) is 10.0 Å². The van der Waals surface area contributed by atoms with Gasteiger partial charge in [-0.15, -0.1) is 0 Å². The second-order valence-electron chi connectivity index (χ2n) is 4.49. The minimum atomic E-state index is -3.55. The molecule has 0 saturated heterocycles. The zero-order valence-corrected chi connectivity index (χ0v) is 13.5. The van der Waals surface area contributed by atoms with E-state index in [0.717, 1.165) is 5.56 Å². The molecule has 6 nitrogen and oxygen atoms in total. The normalized spacial score (nSPS) is 11.0. The summed E-state index contributed by atoms with van der Waals surface area (Å²) in [5.41, 5.74) is 7.30. The fraction of sp³-hybridized carbons (Fsp3) is 0.385. The van der Waals surface area contributed by atoms with E-state index in [-0.39, 0.29) is 23.6 Å². The first-order valence-corrected chi connectivity index (χ1v) is 8.29. The molecule has 0 bridgehead atoms. The fourth-order valence-corrected chi connectivity index (χ4v) is 2.92. The van der Waals surface area contributed by atoms with Crippen molar-refractivity contribution < 1.29 is 17.9 Å². The number of hydrogen-bond donors (Lipinski definition) is 2. The van der Waals surface area contributed by atoms with Gasteiger partial charge in [-0.25, -0.2) is 8.42 Å². The van der Waals surface area contributed by atoms with Crippen LogP contribution in [-0.4, -0.2) is 32.2 Å². The lowest BCUT2D eigenvalue weighted by Gasteiger charge is -2.11. The van der Waals surface area contributed by atoms with Crippen molar-refractivity contribution in [2.45, 2.75) is 19.8 Å². The van der Waals surface area contributed by atoms with Gasteiger partial charge in [-0.1, -0.05) is 24.4 Å². The molecule has 0 aliphatic heterocycles. The van der Waals surface area contributed by atoms with Crippen molar-refractivity contribution in [3.8, 4) is 0 Å². The number of rotatable bonds is 7. The number of carbonyl (C=O) groups is 1. The van der Waals surface area contributed by atoms with E-state index in [1.165, 1.54) is 7.11 Å². The maximum absolute atomic E-state index is 12.0. The van der Waals surface area contributed by atoms with Crippen LogP contribution in [0.25, 0.3) is 0 Å². The van der Waals surface area contributed by atoms with E-state index in [1.807, 2.05) is 0 Å². The van der Waals surface area contributed by atoms with Gasteiger partial charge in [-0.05, 0) is 25.0 Å². The van der Waals surface area contributed by atoms with E-state index in [4.69, 9.17) is 18.0 Å². The standard InChI is InChI=1S/C13H18N2O4S2/c1-9-5-6-10(13(14)20)8-11(9)15-21(17,18)7-3-4-12(16)19-2/h5-6,8,15H,3-4,7H2,1-2H3,(H2,14,20). The van der Waals surface area contributed by atoms with Crippen LogP contribution in [-0.2, 0) is 19.6 Å². The molecule has 116 valence electrons. The third-order valence-electron chi connectivity index (χ3n) is 2.81. The number of thiocarbonyl (C=S) groups is 1. The second kappa shape index (κ2) is 7.37. The van der Waals surface area contributed by atoms with Gasteiger partial charge in [-0.3, -0.25) is 9.52 Å². The van der Waals surface area contributed by atoms with Gasteiger partial charge in [0, 0.05) is 12.0 Å². The van der Waals surface area contributed by atoms with Crippen LogP contribution < -0.4 is 10.5 Å². The number of nitrogens with two attached hydrogens (primary N) is 1. The molecular formula is C13H18N2O4S2. The molecule has 8 heteroatoms. The lowest BCUT2D eigenvalue weighted by atomic mass is 10.1. The Balaban J connectivity index is 2.77. The van der Waals surface area contributed by atoms with Crippen molar-refractivity contribution >= 4 is 38.9 Å². The summed E-state index contributed by atoms with van der Waals surface area (Å²) in [6.45, 7) is 1.77. The third kappa shape index (κ3) is 5.68. The highest BCUT2D eigenvalue weighted by molar-refractivity contribution is 7.92. The molecule has 0 atom stereocenters. The molecule has 0 radical (unpaired) electrons. The first-order valence-electron chi connectivity index (χ1n) is 6.23. The molecule has 1 aromatic rings. The Bertz CT molecular complexity index is 642. The van der Waals surface area contributed by atoms with Crippen LogP contribution in [0.15, 0.2) is 18.2 Å². The highest BCUT2D eigenvalue weighted by Gasteiger charge is 2.14. The van der Waals surface area contributed by atoms with Crippen LogP contribution in [0.5, 0.6) is 0 Å². The minimum absolute atomic E-state index is 0.0588. The maximum Gasteiger partial charge on any atom is 0.305 e. The van der Waals surface area contributed by atoms with Crippen LogP contribution in [0.4, 0.5) is 5.69 Å². The third-order valence-corrected chi connectivity index (χ3v) is 4.40. The summed E-state index contributed by atoms with van der Waals surface area (Å²) >= 11 is 4.87. The van der Waals surface area contributed by atoms with Crippen molar-refractivity contribution in [2.75, 3.05) is 17.6 Å². The number of aryl methyl sites for hydroxylation is 1. The molecule has 0 spiro atoms. The molecule has 0 fully saturated rings. The highest BCUT2D eigenvalue weighted by atomic mass is 32.2. The Kier molecular flexibility index (Phi) is 6.10. The minimum Gasteiger partial charge on any atom is -0.469 e.